The fourth-order valence-corrected chi connectivity index (χ4v) is 1.81. The van der Waals surface area contributed by atoms with Crippen molar-refractivity contribution in [2.75, 3.05) is 18.5 Å². The van der Waals surface area contributed by atoms with E-state index in [2.05, 4.69) is 10.3 Å². The third-order valence-electron chi connectivity index (χ3n) is 2.72. The molecule has 1 N–H and O–H groups in total. The van der Waals surface area contributed by atoms with Gasteiger partial charge >= 0.3 is 0 Å². The predicted molar refractivity (Wildman–Crippen MR) is 58.7 cm³/mol. The van der Waals surface area contributed by atoms with Crippen LogP contribution in [-0.2, 0) is 4.79 Å². The van der Waals surface area contributed by atoms with Gasteiger partial charge in [0.1, 0.15) is 0 Å². The van der Waals surface area contributed by atoms with E-state index in [4.69, 9.17) is 0 Å². The highest BCUT2D eigenvalue weighted by Crippen LogP contribution is 2.14. The monoisotopic (exact) mass is 205 g/mol. The molecule has 1 atom stereocenters. The molecule has 1 fully saturated rings. The number of anilines is 1. The van der Waals surface area contributed by atoms with E-state index in [9.17, 15) is 4.79 Å². The van der Waals surface area contributed by atoms with Crippen LogP contribution in [0.2, 0.25) is 0 Å². The maximum atomic E-state index is 12.0. The molecule has 0 bridgehead atoms. The first-order valence-electron chi connectivity index (χ1n) is 5.20. The number of carbonyl (C=O) groups is 1. The molecule has 1 aliphatic rings. The third-order valence-corrected chi connectivity index (χ3v) is 2.72. The van der Waals surface area contributed by atoms with Gasteiger partial charge in [-0.2, -0.15) is 0 Å². The van der Waals surface area contributed by atoms with Crippen LogP contribution in [0.1, 0.15) is 12.8 Å². The molecule has 1 aliphatic heterocycles. The molecule has 4 heteroatoms. The van der Waals surface area contributed by atoms with Crippen molar-refractivity contribution in [2.24, 2.45) is 0 Å². The Morgan fingerprint density at radius 1 is 1.67 bits per heavy atom. The van der Waals surface area contributed by atoms with Gasteiger partial charge in [-0.1, -0.05) is 0 Å². The zero-order valence-corrected chi connectivity index (χ0v) is 8.81. The molecular formula is C11H15N3O. The molecule has 0 spiro atoms. The number of likely N-dealkylation sites (N-methyl/N-ethyl adjacent to an activating group) is 1. The second kappa shape index (κ2) is 4.40. The normalized spacial score (nSPS) is 20.2. The standard InChI is InChI=1S/C11H15N3O/c1-14(9-4-2-6-12-8-9)11(15)10-5-3-7-13-10/h2,4,6,8,10,13H,3,5,7H2,1H3. The molecule has 1 aromatic heterocycles. The Bertz CT molecular complexity index is 333. The molecule has 2 rings (SSSR count). The Kier molecular flexibility index (Phi) is 2.97. The highest BCUT2D eigenvalue weighted by Gasteiger charge is 2.25. The molecule has 0 saturated carbocycles. The molecular weight excluding hydrogens is 190 g/mol. The molecule has 1 unspecified atom stereocenters. The van der Waals surface area contributed by atoms with Gasteiger partial charge in [0.25, 0.3) is 0 Å². The SMILES string of the molecule is CN(C(=O)C1CCCN1)c1cccnc1. The van der Waals surface area contributed by atoms with Crippen LogP contribution >= 0.6 is 0 Å². The second-order valence-electron chi connectivity index (χ2n) is 3.76. The minimum absolute atomic E-state index is 0.0183. The Hall–Kier alpha value is -1.42. The van der Waals surface area contributed by atoms with Gasteiger partial charge in [0.2, 0.25) is 5.91 Å². The summed E-state index contributed by atoms with van der Waals surface area (Å²) in [7, 11) is 1.79. The quantitative estimate of drug-likeness (QED) is 0.776. The zero-order valence-electron chi connectivity index (χ0n) is 8.81. The molecule has 1 aromatic rings. The largest absolute Gasteiger partial charge is 0.313 e. The lowest BCUT2D eigenvalue weighted by molar-refractivity contribution is -0.119. The van der Waals surface area contributed by atoms with E-state index in [1.807, 2.05) is 12.1 Å². The number of pyridine rings is 1. The van der Waals surface area contributed by atoms with Crippen molar-refractivity contribution in [2.45, 2.75) is 18.9 Å². The van der Waals surface area contributed by atoms with Crippen molar-refractivity contribution in [3.05, 3.63) is 24.5 Å². The maximum Gasteiger partial charge on any atom is 0.243 e. The summed E-state index contributed by atoms with van der Waals surface area (Å²) in [6, 6.07) is 3.70. The van der Waals surface area contributed by atoms with Crippen molar-refractivity contribution >= 4 is 11.6 Å². The Morgan fingerprint density at radius 3 is 3.13 bits per heavy atom. The molecule has 15 heavy (non-hydrogen) atoms. The number of rotatable bonds is 2. The Balaban J connectivity index is 2.07. The lowest BCUT2D eigenvalue weighted by Gasteiger charge is -2.20. The average Bonchev–Trinajstić information content (AvgIpc) is 2.82. The van der Waals surface area contributed by atoms with Gasteiger partial charge < -0.3 is 10.2 Å². The fraction of sp³-hybridized carbons (Fsp3) is 0.455. The Morgan fingerprint density at radius 2 is 2.53 bits per heavy atom. The maximum absolute atomic E-state index is 12.0. The minimum atomic E-state index is -0.0183. The van der Waals surface area contributed by atoms with E-state index in [0.29, 0.717) is 0 Å². The first-order valence-corrected chi connectivity index (χ1v) is 5.20. The van der Waals surface area contributed by atoms with E-state index in [1.54, 1.807) is 24.3 Å². The van der Waals surface area contributed by atoms with E-state index >= 15 is 0 Å². The van der Waals surface area contributed by atoms with E-state index in [-0.39, 0.29) is 11.9 Å². The lowest BCUT2D eigenvalue weighted by atomic mass is 10.2. The highest BCUT2D eigenvalue weighted by atomic mass is 16.2. The van der Waals surface area contributed by atoms with Crippen LogP contribution in [0.3, 0.4) is 0 Å². The number of aromatic nitrogens is 1. The first-order chi connectivity index (χ1) is 7.29. The number of carbonyl (C=O) groups excluding carboxylic acids is 1. The van der Waals surface area contributed by atoms with Crippen LogP contribution in [0.5, 0.6) is 0 Å². The summed E-state index contributed by atoms with van der Waals surface area (Å²) in [6.45, 7) is 0.942. The minimum Gasteiger partial charge on any atom is -0.313 e. The van der Waals surface area contributed by atoms with Gasteiger partial charge in [0.15, 0.2) is 0 Å². The zero-order chi connectivity index (χ0) is 10.7. The van der Waals surface area contributed by atoms with Crippen molar-refractivity contribution in [3.8, 4) is 0 Å². The second-order valence-corrected chi connectivity index (χ2v) is 3.76. The van der Waals surface area contributed by atoms with Crippen molar-refractivity contribution in [1.82, 2.24) is 10.3 Å². The van der Waals surface area contributed by atoms with Crippen LogP contribution in [0.25, 0.3) is 0 Å². The first kappa shape index (κ1) is 10.1. The van der Waals surface area contributed by atoms with Crippen LogP contribution in [0.15, 0.2) is 24.5 Å². The van der Waals surface area contributed by atoms with Crippen molar-refractivity contribution < 1.29 is 4.79 Å². The molecule has 0 aliphatic carbocycles. The molecule has 0 radical (unpaired) electrons. The van der Waals surface area contributed by atoms with E-state index < -0.39 is 0 Å². The summed E-state index contributed by atoms with van der Waals surface area (Å²) in [5.74, 6) is 0.125. The van der Waals surface area contributed by atoms with Crippen molar-refractivity contribution in [1.29, 1.82) is 0 Å². The summed E-state index contributed by atoms with van der Waals surface area (Å²) in [5.41, 5.74) is 0.844. The lowest BCUT2D eigenvalue weighted by Crippen LogP contribution is -2.41. The predicted octanol–water partition coefficient (Wildman–Crippen LogP) is 0.796. The molecule has 1 amide bonds. The van der Waals surface area contributed by atoms with E-state index in [1.165, 1.54) is 0 Å². The molecule has 4 nitrogen and oxygen atoms in total. The van der Waals surface area contributed by atoms with Gasteiger partial charge in [0, 0.05) is 13.2 Å². The number of nitrogens with zero attached hydrogens (tertiary/aromatic N) is 2. The van der Waals surface area contributed by atoms with Gasteiger partial charge in [0.05, 0.1) is 17.9 Å². The third kappa shape index (κ3) is 2.15. The molecule has 80 valence electrons. The van der Waals surface area contributed by atoms with Crippen LogP contribution < -0.4 is 10.2 Å². The molecule has 1 saturated heterocycles. The van der Waals surface area contributed by atoms with Gasteiger partial charge in [-0.25, -0.2) is 0 Å². The molecule has 2 heterocycles. The van der Waals surface area contributed by atoms with Crippen LogP contribution in [0, 0.1) is 0 Å². The number of hydrogen-bond donors (Lipinski definition) is 1. The van der Waals surface area contributed by atoms with E-state index in [0.717, 1.165) is 25.1 Å². The topological polar surface area (TPSA) is 45.2 Å². The highest BCUT2D eigenvalue weighted by molar-refractivity contribution is 5.96. The number of nitrogens with one attached hydrogen (secondary N) is 1. The number of hydrogen-bond acceptors (Lipinski definition) is 3. The number of amides is 1. The Labute approximate surface area is 89.3 Å². The summed E-state index contributed by atoms with van der Waals surface area (Å²) in [5, 5.41) is 3.20. The summed E-state index contributed by atoms with van der Waals surface area (Å²) in [6.07, 6.45) is 5.42. The summed E-state index contributed by atoms with van der Waals surface area (Å²) >= 11 is 0. The van der Waals surface area contributed by atoms with Gasteiger partial charge in [-0.05, 0) is 31.5 Å². The van der Waals surface area contributed by atoms with Crippen LogP contribution in [0.4, 0.5) is 5.69 Å². The molecule has 0 aromatic carbocycles. The van der Waals surface area contributed by atoms with Gasteiger partial charge in [-0.3, -0.25) is 9.78 Å². The average molecular weight is 205 g/mol. The summed E-state index contributed by atoms with van der Waals surface area (Å²) < 4.78 is 0. The van der Waals surface area contributed by atoms with Gasteiger partial charge in [-0.15, -0.1) is 0 Å². The van der Waals surface area contributed by atoms with Crippen LogP contribution in [-0.4, -0.2) is 30.5 Å². The fourth-order valence-electron chi connectivity index (χ4n) is 1.81. The smallest absolute Gasteiger partial charge is 0.243 e. The van der Waals surface area contributed by atoms with Crippen molar-refractivity contribution in [3.63, 3.8) is 0 Å². The summed E-state index contributed by atoms with van der Waals surface area (Å²) in [4.78, 5) is 17.6.